The highest BCUT2D eigenvalue weighted by atomic mass is 32.1. The minimum absolute atomic E-state index is 0.101. The Bertz CT molecular complexity index is 1960. The van der Waals surface area contributed by atoms with E-state index in [0.717, 1.165) is 29.9 Å². The number of carboxylic acid groups (broad SMARTS) is 1. The smallest absolute Gasteiger partial charge is 0.341 e. The predicted octanol–water partition coefficient (Wildman–Crippen LogP) is 5.34. The summed E-state index contributed by atoms with van der Waals surface area (Å²) in [5, 5.41) is 14.5. The summed E-state index contributed by atoms with van der Waals surface area (Å²) in [4.78, 5) is 28.7. The van der Waals surface area contributed by atoms with E-state index < -0.39 is 17.2 Å². The molecule has 0 spiro atoms. The highest BCUT2D eigenvalue weighted by Crippen LogP contribution is 2.38. The summed E-state index contributed by atoms with van der Waals surface area (Å²) in [5.74, 6) is -1.06. The van der Waals surface area contributed by atoms with Crippen LogP contribution in [-0.4, -0.2) is 61.1 Å². The molecule has 0 bridgehead atoms. The van der Waals surface area contributed by atoms with Gasteiger partial charge in [0.2, 0.25) is 10.2 Å². The molecule has 5 aromatic rings. The number of nitrogens with zero attached hydrogens (tertiary/aromatic N) is 6. The van der Waals surface area contributed by atoms with Gasteiger partial charge in [0.15, 0.2) is 5.82 Å². The highest BCUT2D eigenvalue weighted by molar-refractivity contribution is 7.71. The molecule has 2 aromatic heterocycles. The number of anilines is 1. The fourth-order valence-electron chi connectivity index (χ4n) is 5.81. The molecule has 43 heavy (non-hydrogen) atoms. The van der Waals surface area contributed by atoms with Crippen molar-refractivity contribution in [3.05, 3.63) is 105 Å². The van der Waals surface area contributed by atoms with Gasteiger partial charge in [-0.1, -0.05) is 48.5 Å². The number of pyridine rings is 1. The number of piperazine rings is 1. The van der Waals surface area contributed by atoms with E-state index in [4.69, 9.17) is 17.3 Å². The monoisotopic (exact) mass is 596 g/mol. The molecule has 0 radical (unpaired) electrons. The number of carbonyl (C=O) groups is 1. The van der Waals surface area contributed by atoms with Gasteiger partial charge in [-0.15, -0.1) is 5.10 Å². The second kappa shape index (κ2) is 10.9. The van der Waals surface area contributed by atoms with Crippen LogP contribution in [0.5, 0.6) is 0 Å². The summed E-state index contributed by atoms with van der Waals surface area (Å²) in [5.41, 5.74) is 1.91. The number of hydrogen-bond donors (Lipinski definition) is 1. The topological polar surface area (TPSA) is 88.5 Å². The molecule has 3 heterocycles. The van der Waals surface area contributed by atoms with E-state index in [1.807, 2.05) is 79.4 Å². The fourth-order valence-corrected chi connectivity index (χ4v) is 6.10. The lowest BCUT2D eigenvalue weighted by Gasteiger charge is -2.36. The zero-order chi connectivity index (χ0) is 29.7. The predicted molar refractivity (Wildman–Crippen MR) is 165 cm³/mol. The van der Waals surface area contributed by atoms with Gasteiger partial charge >= 0.3 is 5.97 Å². The van der Waals surface area contributed by atoms with Crippen LogP contribution < -0.4 is 10.3 Å². The maximum absolute atomic E-state index is 15.5. The molecular formula is C32H29FN6O3S. The third-order valence-electron chi connectivity index (χ3n) is 8.20. The third kappa shape index (κ3) is 5.04. The Labute approximate surface area is 251 Å². The molecule has 9 nitrogen and oxygen atoms in total. The van der Waals surface area contributed by atoms with Gasteiger partial charge < -0.3 is 14.6 Å². The van der Waals surface area contributed by atoms with Crippen LogP contribution in [-0.2, 0) is 6.67 Å². The van der Waals surface area contributed by atoms with Gasteiger partial charge in [0, 0.05) is 55.1 Å². The van der Waals surface area contributed by atoms with Crippen LogP contribution in [0.15, 0.2) is 83.8 Å². The fraction of sp³-hybridized carbons (Fsp3) is 0.250. The molecule has 1 aliphatic heterocycles. The van der Waals surface area contributed by atoms with E-state index in [9.17, 15) is 14.7 Å². The number of aromatic carboxylic acids is 1. The summed E-state index contributed by atoms with van der Waals surface area (Å²) in [7, 11) is 0. The van der Waals surface area contributed by atoms with Crippen molar-refractivity contribution >= 4 is 34.8 Å². The average molecular weight is 597 g/mol. The Morgan fingerprint density at radius 1 is 0.977 bits per heavy atom. The SMILES string of the molecule is O=C(O)c1cn(C2CC2)c2cc(N3CCN(Cn4nc(-c5ccccc5)n(-c5ccccc5)c4=S)CC3)c(F)cc2c1=O. The largest absolute Gasteiger partial charge is 0.477 e. The second-order valence-corrected chi connectivity index (χ2v) is 11.4. The molecule has 0 amide bonds. The molecule has 1 N–H and O–H groups in total. The molecule has 1 saturated carbocycles. The lowest BCUT2D eigenvalue weighted by molar-refractivity contribution is 0.0695. The van der Waals surface area contributed by atoms with Crippen LogP contribution in [0, 0.1) is 10.6 Å². The minimum Gasteiger partial charge on any atom is -0.477 e. The quantitative estimate of drug-likeness (QED) is 0.254. The molecule has 7 rings (SSSR count). The number of carboxylic acids is 1. The van der Waals surface area contributed by atoms with Gasteiger partial charge in [-0.3, -0.25) is 14.3 Å². The Morgan fingerprint density at radius 3 is 2.30 bits per heavy atom. The van der Waals surface area contributed by atoms with Crippen molar-refractivity contribution in [3.63, 3.8) is 0 Å². The Hall–Kier alpha value is -4.61. The van der Waals surface area contributed by atoms with E-state index in [2.05, 4.69) is 4.90 Å². The lowest BCUT2D eigenvalue weighted by Crippen LogP contribution is -2.47. The van der Waals surface area contributed by atoms with Gasteiger partial charge in [0.05, 0.1) is 17.9 Å². The van der Waals surface area contributed by atoms with Crippen LogP contribution >= 0.6 is 12.2 Å². The molecule has 1 aliphatic carbocycles. The number of fused-ring (bicyclic) bond motifs is 1. The lowest BCUT2D eigenvalue weighted by atomic mass is 10.1. The third-order valence-corrected chi connectivity index (χ3v) is 8.60. The van der Waals surface area contributed by atoms with Gasteiger partial charge in [-0.2, -0.15) is 0 Å². The first-order valence-corrected chi connectivity index (χ1v) is 14.7. The first kappa shape index (κ1) is 27.2. The van der Waals surface area contributed by atoms with Crippen LogP contribution in [0.1, 0.15) is 29.2 Å². The normalized spacial score (nSPS) is 15.7. The minimum atomic E-state index is -1.30. The molecule has 0 unspecified atom stereocenters. The van der Waals surface area contributed by atoms with Crippen molar-refractivity contribution < 1.29 is 14.3 Å². The first-order chi connectivity index (χ1) is 20.9. The van der Waals surface area contributed by atoms with Gasteiger partial charge in [0.1, 0.15) is 11.4 Å². The van der Waals surface area contributed by atoms with Crippen molar-refractivity contribution in [1.82, 2.24) is 23.8 Å². The number of rotatable bonds is 7. The molecule has 3 aromatic carbocycles. The summed E-state index contributed by atoms with van der Waals surface area (Å²) < 4.78 is 21.7. The van der Waals surface area contributed by atoms with E-state index in [0.29, 0.717) is 48.8 Å². The summed E-state index contributed by atoms with van der Waals surface area (Å²) >= 11 is 5.91. The van der Waals surface area contributed by atoms with Crippen LogP contribution in [0.2, 0.25) is 0 Å². The average Bonchev–Trinajstić information content (AvgIpc) is 3.82. The second-order valence-electron chi connectivity index (χ2n) is 11.0. The van der Waals surface area contributed by atoms with E-state index in [-0.39, 0.29) is 17.0 Å². The van der Waals surface area contributed by atoms with E-state index in [1.54, 1.807) is 6.07 Å². The number of benzene rings is 3. The molecule has 218 valence electrons. The highest BCUT2D eigenvalue weighted by Gasteiger charge is 2.29. The zero-order valence-corrected chi connectivity index (χ0v) is 24.1. The van der Waals surface area contributed by atoms with Crippen molar-refractivity contribution in [2.45, 2.75) is 25.6 Å². The van der Waals surface area contributed by atoms with Gasteiger partial charge in [-0.05, 0) is 49.3 Å². The number of halogens is 1. The number of aromatic nitrogens is 4. The van der Waals surface area contributed by atoms with Gasteiger partial charge in [0.25, 0.3) is 0 Å². The van der Waals surface area contributed by atoms with Crippen molar-refractivity contribution in [3.8, 4) is 17.1 Å². The molecule has 0 atom stereocenters. The van der Waals surface area contributed by atoms with Crippen molar-refractivity contribution in [2.75, 3.05) is 31.1 Å². The molecule has 1 saturated heterocycles. The van der Waals surface area contributed by atoms with Crippen LogP contribution in [0.3, 0.4) is 0 Å². The summed E-state index contributed by atoms with van der Waals surface area (Å²) in [6, 6.07) is 22.9. The summed E-state index contributed by atoms with van der Waals surface area (Å²) in [6.45, 7) is 2.95. The van der Waals surface area contributed by atoms with Crippen molar-refractivity contribution in [2.24, 2.45) is 0 Å². The standard InChI is InChI=1S/C32H29FN6O3S/c33-26-17-24-27(37(22-11-12-22)19-25(29(24)40)31(41)42)18-28(26)36-15-13-35(14-16-36)20-38-32(43)39(23-9-5-2-6-10-23)30(34-38)21-7-3-1-4-8-21/h1-10,17-19,22H,11-16,20H2,(H,41,42). The maximum atomic E-state index is 15.5. The first-order valence-electron chi connectivity index (χ1n) is 14.3. The van der Waals surface area contributed by atoms with Crippen LogP contribution in [0.4, 0.5) is 10.1 Å². The molecule has 2 aliphatic rings. The van der Waals surface area contributed by atoms with E-state index >= 15 is 4.39 Å². The maximum Gasteiger partial charge on any atom is 0.341 e. The van der Waals surface area contributed by atoms with Crippen molar-refractivity contribution in [1.29, 1.82) is 0 Å². The Kier molecular flexibility index (Phi) is 6.91. The van der Waals surface area contributed by atoms with E-state index in [1.165, 1.54) is 12.3 Å². The summed E-state index contributed by atoms with van der Waals surface area (Å²) in [6.07, 6.45) is 3.21. The molecule has 11 heteroatoms. The van der Waals surface area contributed by atoms with Crippen LogP contribution in [0.25, 0.3) is 28.0 Å². The number of hydrogen-bond acceptors (Lipinski definition) is 6. The zero-order valence-electron chi connectivity index (χ0n) is 23.3. The molecular weight excluding hydrogens is 567 g/mol. The Morgan fingerprint density at radius 2 is 1.65 bits per heavy atom. The number of para-hydroxylation sites is 1. The Balaban J connectivity index is 1.15. The molecule has 2 fully saturated rings. The van der Waals surface area contributed by atoms with Gasteiger partial charge in [-0.25, -0.2) is 13.9 Å².